The molecule has 0 aliphatic carbocycles. The fraction of sp³-hybridized carbons (Fsp3) is 0.0667. The predicted molar refractivity (Wildman–Crippen MR) is 144 cm³/mol. The van der Waals surface area contributed by atoms with E-state index in [0.717, 1.165) is 50.1 Å². The van der Waals surface area contributed by atoms with Gasteiger partial charge in [-0.3, -0.25) is 9.78 Å². The highest BCUT2D eigenvalue weighted by molar-refractivity contribution is 6.23. The van der Waals surface area contributed by atoms with Crippen molar-refractivity contribution in [1.82, 2.24) is 20.1 Å². The number of fused-ring (bicyclic) bond motifs is 2. The normalized spacial score (nSPS) is 13.0. The first-order chi connectivity index (χ1) is 18.1. The molecule has 3 aromatic carbocycles. The number of urea groups is 1. The van der Waals surface area contributed by atoms with E-state index in [1.165, 1.54) is 4.68 Å². The second-order valence-corrected chi connectivity index (χ2v) is 8.90. The summed E-state index contributed by atoms with van der Waals surface area (Å²) in [5, 5.41) is 8.46. The zero-order valence-corrected chi connectivity index (χ0v) is 19.9. The Kier molecular flexibility index (Phi) is 5.58. The van der Waals surface area contributed by atoms with Gasteiger partial charge < -0.3 is 11.1 Å². The monoisotopic (exact) mass is 485 g/mol. The van der Waals surface area contributed by atoms with Gasteiger partial charge in [0.1, 0.15) is 5.69 Å². The number of pyridine rings is 1. The van der Waals surface area contributed by atoms with Gasteiger partial charge in [0.15, 0.2) is 0 Å². The molecule has 0 saturated heterocycles. The zero-order chi connectivity index (χ0) is 25.4. The topological polar surface area (TPSA) is 103 Å². The highest BCUT2D eigenvalue weighted by atomic mass is 16.2. The van der Waals surface area contributed by atoms with E-state index < -0.39 is 6.03 Å². The van der Waals surface area contributed by atoms with Gasteiger partial charge in [0.2, 0.25) is 0 Å². The number of carbonyl (C=O) groups excluding carboxylic acids is 2. The maximum atomic E-state index is 14.1. The summed E-state index contributed by atoms with van der Waals surface area (Å²) >= 11 is 0. The zero-order valence-electron chi connectivity index (χ0n) is 19.9. The van der Waals surface area contributed by atoms with Gasteiger partial charge in [-0.1, -0.05) is 72.8 Å². The van der Waals surface area contributed by atoms with E-state index in [4.69, 9.17) is 10.8 Å². The fourth-order valence-electron chi connectivity index (χ4n) is 4.94. The number of allylic oxidation sites excluding steroid dienone is 1. The molecule has 0 unspecified atom stereocenters. The predicted octanol–water partition coefficient (Wildman–Crippen LogP) is 5.08. The Morgan fingerprint density at radius 2 is 1.62 bits per heavy atom. The van der Waals surface area contributed by atoms with Crippen LogP contribution < -0.4 is 11.1 Å². The third kappa shape index (κ3) is 4.06. The molecule has 2 amide bonds. The van der Waals surface area contributed by atoms with Crippen LogP contribution in [0.25, 0.3) is 38.9 Å². The molecule has 0 bridgehead atoms. The Morgan fingerprint density at radius 3 is 2.35 bits per heavy atom. The van der Waals surface area contributed by atoms with Crippen molar-refractivity contribution in [2.24, 2.45) is 5.73 Å². The lowest BCUT2D eigenvalue weighted by molar-refractivity contribution is 0.0958. The number of amides is 2. The smallest absolute Gasteiger partial charge is 0.312 e. The summed E-state index contributed by atoms with van der Waals surface area (Å²) in [6.45, 7) is 0.154. The van der Waals surface area contributed by atoms with Gasteiger partial charge >= 0.3 is 6.03 Å². The Morgan fingerprint density at radius 1 is 0.892 bits per heavy atom. The number of hydrogen-bond acceptors (Lipinski definition) is 4. The van der Waals surface area contributed by atoms with Crippen LogP contribution in [0, 0.1) is 0 Å². The maximum Gasteiger partial charge on any atom is 0.312 e. The number of primary amides is 1. The van der Waals surface area contributed by atoms with Crippen LogP contribution in [0.1, 0.15) is 16.1 Å². The van der Waals surface area contributed by atoms with Gasteiger partial charge in [0.25, 0.3) is 5.91 Å². The molecule has 7 heteroatoms. The van der Waals surface area contributed by atoms with Crippen molar-refractivity contribution in [2.75, 3.05) is 6.54 Å². The number of benzene rings is 3. The minimum atomic E-state index is -0.644. The lowest BCUT2D eigenvalue weighted by atomic mass is 9.89. The number of carbonyl (C=O) groups is 2. The molecule has 37 heavy (non-hydrogen) atoms. The molecule has 1 aliphatic rings. The average Bonchev–Trinajstić information content (AvgIpc) is 3.32. The van der Waals surface area contributed by atoms with Crippen molar-refractivity contribution in [3.63, 3.8) is 0 Å². The molecule has 0 saturated carbocycles. The highest BCUT2D eigenvalue weighted by Crippen LogP contribution is 2.40. The van der Waals surface area contributed by atoms with Gasteiger partial charge in [-0.25, -0.2) is 4.79 Å². The minimum Gasteiger partial charge on any atom is -0.352 e. The first-order valence-electron chi connectivity index (χ1n) is 12.0. The third-order valence-electron chi connectivity index (χ3n) is 6.60. The Labute approximate surface area is 213 Å². The first kappa shape index (κ1) is 22.4. The Bertz CT molecular complexity index is 1690. The number of hydrogen-bond donors (Lipinski definition) is 2. The maximum absolute atomic E-state index is 14.1. The number of rotatable bonds is 5. The van der Waals surface area contributed by atoms with Crippen LogP contribution in [0.3, 0.4) is 0 Å². The summed E-state index contributed by atoms with van der Waals surface area (Å²) in [5.74, 6) is -0.245. The third-order valence-corrected chi connectivity index (χ3v) is 6.60. The Hall–Kier alpha value is -5.04. The molecule has 6 rings (SSSR count). The minimum absolute atomic E-state index is 0.154. The van der Waals surface area contributed by atoms with Gasteiger partial charge in [-0.15, -0.1) is 0 Å². The SMILES string of the molecule is NC(=O)NCC1=C(c2ccc3ncccc3c2)C(=O)n2nc(-c3ccccc3)c(-c3ccccc3)c2C1. The van der Waals surface area contributed by atoms with Crippen molar-refractivity contribution in [3.05, 3.63) is 114 Å². The van der Waals surface area contributed by atoms with Gasteiger partial charge in [0, 0.05) is 35.7 Å². The molecular formula is C30H23N5O2. The summed E-state index contributed by atoms with van der Waals surface area (Å²) in [6.07, 6.45) is 2.16. The summed E-state index contributed by atoms with van der Waals surface area (Å²) in [7, 11) is 0. The van der Waals surface area contributed by atoms with Crippen LogP contribution in [0.2, 0.25) is 0 Å². The molecule has 0 fully saturated rings. The number of nitrogens with one attached hydrogen (secondary N) is 1. The van der Waals surface area contributed by atoms with E-state index >= 15 is 0 Å². The first-order valence-corrected chi connectivity index (χ1v) is 12.0. The molecule has 1 aliphatic heterocycles. The molecular weight excluding hydrogens is 462 g/mol. The number of aromatic nitrogens is 3. The Balaban J connectivity index is 1.56. The summed E-state index contributed by atoms with van der Waals surface area (Å²) in [6, 6.07) is 28.7. The van der Waals surface area contributed by atoms with Crippen molar-refractivity contribution >= 4 is 28.4 Å². The second kappa shape index (κ2) is 9.20. The van der Waals surface area contributed by atoms with Crippen LogP contribution in [0.4, 0.5) is 4.79 Å². The molecule has 2 aromatic heterocycles. The lowest BCUT2D eigenvalue weighted by Gasteiger charge is -2.22. The van der Waals surface area contributed by atoms with Crippen LogP contribution in [0.15, 0.2) is 103 Å². The lowest BCUT2D eigenvalue weighted by Crippen LogP contribution is -2.34. The summed E-state index contributed by atoms with van der Waals surface area (Å²) in [4.78, 5) is 30.2. The van der Waals surface area contributed by atoms with Gasteiger partial charge in [0.05, 0.1) is 16.8 Å². The standard InChI is InChI=1S/C30H23N5O2/c31-30(37)33-18-23-17-25-27(19-8-3-1-4-9-19)28(20-10-5-2-6-11-20)34-35(25)29(36)26(23)22-13-14-24-21(16-22)12-7-15-32-24/h1-16H,17-18H2,(H3,31,33,37). The van der Waals surface area contributed by atoms with E-state index in [2.05, 4.69) is 10.3 Å². The largest absolute Gasteiger partial charge is 0.352 e. The fourth-order valence-corrected chi connectivity index (χ4v) is 4.94. The quantitative estimate of drug-likeness (QED) is 0.362. The average molecular weight is 486 g/mol. The molecule has 0 radical (unpaired) electrons. The van der Waals surface area contributed by atoms with E-state index in [0.29, 0.717) is 12.0 Å². The summed E-state index contributed by atoms with van der Waals surface area (Å²) in [5.41, 5.74) is 12.6. The number of nitrogens with two attached hydrogens (primary N) is 1. The van der Waals surface area contributed by atoms with Crippen LogP contribution >= 0.6 is 0 Å². The van der Waals surface area contributed by atoms with E-state index in [1.807, 2.05) is 91.0 Å². The van der Waals surface area contributed by atoms with Crippen LogP contribution in [-0.2, 0) is 6.42 Å². The van der Waals surface area contributed by atoms with Crippen molar-refractivity contribution in [1.29, 1.82) is 0 Å². The van der Waals surface area contributed by atoms with Gasteiger partial charge in [-0.2, -0.15) is 9.78 Å². The van der Waals surface area contributed by atoms with Crippen LogP contribution in [0.5, 0.6) is 0 Å². The van der Waals surface area contributed by atoms with Crippen molar-refractivity contribution in [2.45, 2.75) is 6.42 Å². The molecule has 5 aromatic rings. The van der Waals surface area contributed by atoms with Crippen LogP contribution in [-0.4, -0.2) is 33.2 Å². The van der Waals surface area contributed by atoms with Gasteiger partial charge in [-0.05, 0) is 34.9 Å². The van der Waals surface area contributed by atoms with E-state index in [-0.39, 0.29) is 12.5 Å². The molecule has 7 nitrogen and oxygen atoms in total. The van der Waals surface area contributed by atoms with Crippen molar-refractivity contribution in [3.8, 4) is 22.4 Å². The highest BCUT2D eigenvalue weighted by Gasteiger charge is 2.32. The van der Waals surface area contributed by atoms with E-state index in [1.54, 1.807) is 6.20 Å². The molecule has 0 spiro atoms. The summed E-state index contributed by atoms with van der Waals surface area (Å²) < 4.78 is 1.52. The number of nitrogens with zero attached hydrogens (tertiary/aromatic N) is 3. The van der Waals surface area contributed by atoms with Crippen molar-refractivity contribution < 1.29 is 9.59 Å². The second-order valence-electron chi connectivity index (χ2n) is 8.90. The van der Waals surface area contributed by atoms with E-state index in [9.17, 15) is 9.59 Å². The molecule has 180 valence electrons. The molecule has 3 N–H and O–H groups in total. The molecule has 0 atom stereocenters. The molecule has 3 heterocycles.